The van der Waals surface area contributed by atoms with Crippen LogP contribution >= 0.6 is 15.9 Å². The van der Waals surface area contributed by atoms with Crippen molar-refractivity contribution in [1.29, 1.82) is 0 Å². The molecule has 148 valence electrons. The van der Waals surface area contributed by atoms with E-state index in [9.17, 15) is 4.79 Å². The quantitative estimate of drug-likeness (QED) is 0.680. The molecule has 1 N–H and O–H groups in total. The lowest BCUT2D eigenvalue weighted by Gasteiger charge is -2.60. The molecule has 4 fully saturated rings. The van der Waals surface area contributed by atoms with Crippen LogP contribution in [0.4, 0.5) is 0 Å². The van der Waals surface area contributed by atoms with E-state index in [2.05, 4.69) is 38.4 Å². The number of aromatic nitrogens is 2. The Hall–Kier alpha value is -1.62. The highest BCUT2D eigenvalue weighted by molar-refractivity contribution is 9.10. The molecule has 2 aromatic rings. The Labute approximate surface area is 175 Å². The number of amides is 1. The summed E-state index contributed by atoms with van der Waals surface area (Å²) in [6, 6.07) is 9.97. The van der Waals surface area contributed by atoms with Crippen molar-refractivity contribution in [2.45, 2.75) is 55.3 Å². The van der Waals surface area contributed by atoms with Gasteiger partial charge in [0.05, 0.1) is 0 Å². The zero-order chi connectivity index (χ0) is 19.4. The molecule has 4 bridgehead atoms. The Kier molecular flexibility index (Phi) is 4.42. The first-order chi connectivity index (χ1) is 13.4. The van der Waals surface area contributed by atoms with E-state index >= 15 is 0 Å². The van der Waals surface area contributed by atoms with Crippen molar-refractivity contribution in [2.24, 2.45) is 24.3 Å². The van der Waals surface area contributed by atoms with Gasteiger partial charge in [0, 0.05) is 30.2 Å². The van der Waals surface area contributed by atoms with E-state index in [-0.39, 0.29) is 21.7 Å². The van der Waals surface area contributed by atoms with E-state index in [0.717, 1.165) is 29.6 Å². The van der Waals surface area contributed by atoms with Crippen molar-refractivity contribution in [3.63, 3.8) is 0 Å². The summed E-state index contributed by atoms with van der Waals surface area (Å²) in [5.74, 6) is 2.64. The molecular weight excluding hydrogens is 414 g/mol. The first kappa shape index (κ1) is 18.4. The maximum atomic E-state index is 13.3. The van der Waals surface area contributed by atoms with Crippen LogP contribution in [0.1, 0.15) is 62.4 Å². The molecular formula is C23H28BrN3O. The smallest absolute Gasteiger partial charge is 0.221 e. The maximum Gasteiger partial charge on any atom is 0.221 e. The van der Waals surface area contributed by atoms with E-state index in [1.54, 1.807) is 6.20 Å². The van der Waals surface area contributed by atoms with Crippen molar-refractivity contribution in [2.75, 3.05) is 0 Å². The Morgan fingerprint density at radius 2 is 1.96 bits per heavy atom. The van der Waals surface area contributed by atoms with Gasteiger partial charge in [-0.15, -0.1) is 0 Å². The Morgan fingerprint density at radius 3 is 2.57 bits per heavy atom. The third-order valence-corrected chi connectivity index (χ3v) is 8.13. The fraction of sp³-hybridized carbons (Fsp3) is 0.565. The predicted octanol–water partition coefficient (Wildman–Crippen LogP) is 4.75. The summed E-state index contributed by atoms with van der Waals surface area (Å²) >= 11 is 4.07. The molecule has 1 aromatic heterocycles. The van der Waals surface area contributed by atoms with Crippen LogP contribution in [0.3, 0.4) is 0 Å². The summed E-state index contributed by atoms with van der Waals surface area (Å²) in [4.78, 5) is 17.8. The number of benzene rings is 1. The summed E-state index contributed by atoms with van der Waals surface area (Å²) in [5.41, 5.74) is 1.26. The number of nitrogens with one attached hydrogen (secondary N) is 1. The standard InChI is InChI=1S/C23H28BrN3O/c1-27-8-7-25-21(27)20(18-5-3-2-4-6-18)26-19(28)14-22-10-16-9-17(11-22)13-23(24,12-16)15-22/h2-8,16-17,20H,9-15H2,1H3,(H,26,28). The van der Waals surface area contributed by atoms with Gasteiger partial charge >= 0.3 is 0 Å². The Balaban J connectivity index is 1.37. The molecule has 1 amide bonds. The number of imidazole rings is 1. The van der Waals surface area contributed by atoms with E-state index in [1.807, 2.05) is 36.0 Å². The van der Waals surface area contributed by atoms with Gasteiger partial charge in [-0.3, -0.25) is 4.79 Å². The average molecular weight is 442 g/mol. The largest absolute Gasteiger partial charge is 0.342 e. The minimum Gasteiger partial charge on any atom is -0.342 e. The Bertz CT molecular complexity index is 863. The molecule has 3 unspecified atom stereocenters. The second-order valence-electron chi connectivity index (χ2n) is 9.60. The van der Waals surface area contributed by atoms with Crippen LogP contribution in [-0.4, -0.2) is 19.8 Å². The van der Waals surface area contributed by atoms with Gasteiger partial charge in [-0.2, -0.15) is 0 Å². The first-order valence-corrected chi connectivity index (χ1v) is 11.2. The summed E-state index contributed by atoms with van der Waals surface area (Å²) in [6.45, 7) is 0. The molecule has 5 heteroatoms. The van der Waals surface area contributed by atoms with E-state index in [1.165, 1.54) is 32.1 Å². The van der Waals surface area contributed by atoms with Crippen molar-refractivity contribution in [1.82, 2.24) is 14.9 Å². The zero-order valence-electron chi connectivity index (χ0n) is 16.4. The van der Waals surface area contributed by atoms with Gasteiger partial charge in [0.2, 0.25) is 5.91 Å². The first-order valence-electron chi connectivity index (χ1n) is 10.4. The number of aryl methyl sites for hydroxylation is 1. The van der Waals surface area contributed by atoms with E-state index < -0.39 is 0 Å². The van der Waals surface area contributed by atoms with Crippen LogP contribution in [0, 0.1) is 17.3 Å². The topological polar surface area (TPSA) is 46.9 Å². The van der Waals surface area contributed by atoms with Crippen LogP contribution in [0.2, 0.25) is 0 Å². The van der Waals surface area contributed by atoms with Gasteiger partial charge in [-0.25, -0.2) is 4.98 Å². The SMILES string of the molecule is Cn1ccnc1C(NC(=O)CC12CC3CC(CC(Br)(C3)C1)C2)c1ccccc1. The minimum absolute atomic E-state index is 0.162. The number of halogens is 1. The molecule has 0 saturated heterocycles. The molecule has 4 aliphatic rings. The molecule has 3 atom stereocenters. The number of hydrogen-bond donors (Lipinski definition) is 1. The number of carbonyl (C=O) groups excluding carboxylic acids is 1. The van der Waals surface area contributed by atoms with Crippen LogP contribution in [-0.2, 0) is 11.8 Å². The highest BCUT2D eigenvalue weighted by Gasteiger charge is 2.57. The lowest BCUT2D eigenvalue weighted by atomic mass is 9.48. The van der Waals surface area contributed by atoms with Gasteiger partial charge in [0.25, 0.3) is 0 Å². The summed E-state index contributed by atoms with van der Waals surface area (Å²) in [5, 5.41) is 3.33. The molecule has 0 aliphatic heterocycles. The number of nitrogens with zero attached hydrogens (tertiary/aromatic N) is 2. The summed E-state index contributed by atoms with van der Waals surface area (Å²) in [7, 11) is 1.98. The van der Waals surface area contributed by atoms with Gasteiger partial charge in [-0.05, 0) is 61.3 Å². The predicted molar refractivity (Wildman–Crippen MR) is 113 cm³/mol. The molecule has 28 heavy (non-hydrogen) atoms. The molecule has 0 radical (unpaired) electrons. The highest BCUT2D eigenvalue weighted by atomic mass is 79.9. The number of rotatable bonds is 5. The normalized spacial score (nSPS) is 34.4. The summed E-state index contributed by atoms with van der Waals surface area (Å²) < 4.78 is 2.28. The lowest BCUT2D eigenvalue weighted by molar-refractivity contribution is -0.128. The average Bonchev–Trinajstić information content (AvgIpc) is 3.03. The summed E-state index contributed by atoms with van der Waals surface area (Å²) in [6.07, 6.45) is 11.9. The third kappa shape index (κ3) is 3.32. The number of carbonyl (C=O) groups is 1. The van der Waals surface area contributed by atoms with E-state index in [0.29, 0.717) is 6.42 Å². The van der Waals surface area contributed by atoms with Crippen LogP contribution < -0.4 is 5.32 Å². The van der Waals surface area contributed by atoms with Gasteiger partial charge in [0.15, 0.2) is 0 Å². The fourth-order valence-corrected chi connectivity index (χ4v) is 8.20. The number of hydrogen-bond acceptors (Lipinski definition) is 2. The van der Waals surface area contributed by atoms with Gasteiger partial charge in [-0.1, -0.05) is 46.3 Å². The minimum atomic E-state index is -0.208. The molecule has 1 aromatic carbocycles. The number of alkyl halides is 1. The molecule has 1 heterocycles. The lowest BCUT2D eigenvalue weighted by Crippen LogP contribution is -2.54. The molecule has 6 rings (SSSR count). The molecule has 0 spiro atoms. The van der Waals surface area contributed by atoms with Crippen molar-refractivity contribution >= 4 is 21.8 Å². The fourth-order valence-electron chi connectivity index (χ4n) is 6.69. The van der Waals surface area contributed by atoms with Gasteiger partial charge in [0.1, 0.15) is 11.9 Å². The zero-order valence-corrected chi connectivity index (χ0v) is 18.0. The highest BCUT2D eigenvalue weighted by Crippen LogP contribution is 2.65. The van der Waals surface area contributed by atoms with Gasteiger partial charge < -0.3 is 9.88 Å². The monoisotopic (exact) mass is 441 g/mol. The molecule has 4 saturated carbocycles. The molecule has 4 aliphatic carbocycles. The Morgan fingerprint density at radius 1 is 1.25 bits per heavy atom. The van der Waals surface area contributed by atoms with Crippen LogP contribution in [0.15, 0.2) is 42.7 Å². The van der Waals surface area contributed by atoms with Crippen molar-refractivity contribution < 1.29 is 4.79 Å². The third-order valence-electron chi connectivity index (χ3n) is 7.20. The van der Waals surface area contributed by atoms with Crippen molar-refractivity contribution in [3.05, 3.63) is 54.1 Å². The maximum absolute atomic E-state index is 13.3. The van der Waals surface area contributed by atoms with Crippen LogP contribution in [0.5, 0.6) is 0 Å². The van der Waals surface area contributed by atoms with E-state index in [4.69, 9.17) is 0 Å². The molecule has 4 nitrogen and oxygen atoms in total. The second-order valence-corrected chi connectivity index (χ2v) is 11.3. The van der Waals surface area contributed by atoms with Crippen molar-refractivity contribution in [3.8, 4) is 0 Å². The second kappa shape index (κ2) is 6.72. The van der Waals surface area contributed by atoms with Crippen LogP contribution in [0.25, 0.3) is 0 Å².